The Morgan fingerprint density at radius 2 is 1.91 bits per heavy atom. The first-order valence-corrected chi connectivity index (χ1v) is 6.74. The number of aromatic nitrogens is 1. The molecule has 0 saturated heterocycles. The second-order valence-corrected chi connectivity index (χ2v) is 5.10. The molecule has 1 heterocycles. The summed E-state index contributed by atoms with van der Waals surface area (Å²) in [4.78, 5) is 30.1. The molecule has 2 rings (SSSR count). The molecule has 2 aromatic rings. The summed E-state index contributed by atoms with van der Waals surface area (Å²) >= 11 is 0. The summed E-state index contributed by atoms with van der Waals surface area (Å²) in [5.41, 5.74) is 7.21. The molecule has 6 heteroatoms. The van der Waals surface area contributed by atoms with Crippen LogP contribution in [0, 0.1) is 0 Å². The van der Waals surface area contributed by atoms with Crippen LogP contribution < -0.4 is 16.0 Å². The molecule has 1 aromatic carbocycles. The first kappa shape index (κ1) is 15.5. The Morgan fingerprint density at radius 3 is 2.50 bits per heavy atom. The fraction of sp³-hybridized carbons (Fsp3) is 0.188. The van der Waals surface area contributed by atoms with E-state index in [0.717, 1.165) is 0 Å². The number of pyridine rings is 1. The Morgan fingerprint density at radius 1 is 1.18 bits per heavy atom. The van der Waals surface area contributed by atoms with E-state index >= 15 is 0 Å². The minimum atomic E-state index is -0.292. The maximum absolute atomic E-state index is 12.7. The third kappa shape index (κ3) is 3.41. The number of carbonyl (C=O) groups is 2. The fourth-order valence-corrected chi connectivity index (χ4v) is 1.98. The van der Waals surface area contributed by atoms with Gasteiger partial charge >= 0.3 is 0 Å². The summed E-state index contributed by atoms with van der Waals surface area (Å²) in [6.07, 6.45) is 0. The van der Waals surface area contributed by atoms with E-state index in [0.29, 0.717) is 22.8 Å². The predicted molar refractivity (Wildman–Crippen MR) is 87.2 cm³/mol. The molecule has 0 unspecified atom stereocenters. The second-order valence-electron chi connectivity index (χ2n) is 5.10. The van der Waals surface area contributed by atoms with Crippen molar-refractivity contribution in [1.29, 1.82) is 0 Å². The van der Waals surface area contributed by atoms with E-state index in [1.807, 2.05) is 14.1 Å². The van der Waals surface area contributed by atoms with E-state index < -0.39 is 0 Å². The van der Waals surface area contributed by atoms with Gasteiger partial charge in [0.25, 0.3) is 0 Å². The molecule has 22 heavy (non-hydrogen) atoms. The van der Waals surface area contributed by atoms with Crippen LogP contribution in [0.25, 0.3) is 0 Å². The molecule has 0 fully saturated rings. The highest BCUT2D eigenvalue weighted by Crippen LogP contribution is 2.22. The Labute approximate surface area is 129 Å². The number of ketones is 1. The SMILES string of the molecule is CC(=O)Nc1ccc(N(C)C)nc1C(=O)c1cccc(N)c1. The number of nitrogen functional groups attached to an aromatic ring is 1. The smallest absolute Gasteiger partial charge is 0.221 e. The number of amides is 1. The molecule has 0 spiro atoms. The van der Waals surface area contributed by atoms with Gasteiger partial charge in [0.05, 0.1) is 5.69 Å². The lowest BCUT2D eigenvalue weighted by Gasteiger charge is -2.15. The van der Waals surface area contributed by atoms with E-state index in [4.69, 9.17) is 5.73 Å². The topological polar surface area (TPSA) is 88.3 Å². The van der Waals surface area contributed by atoms with Crippen molar-refractivity contribution in [3.05, 3.63) is 47.7 Å². The molecular weight excluding hydrogens is 280 g/mol. The first-order valence-electron chi connectivity index (χ1n) is 6.74. The summed E-state index contributed by atoms with van der Waals surface area (Å²) in [5, 5.41) is 2.63. The molecule has 3 N–H and O–H groups in total. The van der Waals surface area contributed by atoms with Crippen LogP contribution in [0.15, 0.2) is 36.4 Å². The lowest BCUT2D eigenvalue weighted by Crippen LogP contribution is -2.17. The van der Waals surface area contributed by atoms with Gasteiger partial charge in [-0.05, 0) is 24.3 Å². The summed E-state index contributed by atoms with van der Waals surface area (Å²) in [6.45, 7) is 1.38. The lowest BCUT2D eigenvalue weighted by molar-refractivity contribution is -0.114. The van der Waals surface area contributed by atoms with Crippen molar-refractivity contribution in [2.24, 2.45) is 0 Å². The molecular formula is C16H18N4O2. The molecule has 6 nitrogen and oxygen atoms in total. The number of hydrogen-bond acceptors (Lipinski definition) is 5. The standard InChI is InChI=1S/C16H18N4O2/c1-10(21)18-13-7-8-14(20(2)3)19-15(13)16(22)11-5-4-6-12(17)9-11/h4-9H,17H2,1-3H3,(H,18,21). The van der Waals surface area contributed by atoms with E-state index in [1.54, 1.807) is 41.3 Å². The Bertz CT molecular complexity index is 726. The molecule has 0 aliphatic carbocycles. The van der Waals surface area contributed by atoms with Crippen molar-refractivity contribution in [2.75, 3.05) is 30.0 Å². The van der Waals surface area contributed by atoms with Crippen LogP contribution in [0.5, 0.6) is 0 Å². The molecule has 0 aliphatic heterocycles. The number of nitrogens with zero attached hydrogens (tertiary/aromatic N) is 2. The molecule has 114 valence electrons. The van der Waals surface area contributed by atoms with Gasteiger partial charge in [-0.2, -0.15) is 0 Å². The van der Waals surface area contributed by atoms with Gasteiger partial charge in [-0.3, -0.25) is 9.59 Å². The van der Waals surface area contributed by atoms with Crippen molar-refractivity contribution >= 4 is 28.9 Å². The van der Waals surface area contributed by atoms with Crippen LogP contribution in [-0.4, -0.2) is 30.8 Å². The maximum atomic E-state index is 12.7. The number of carbonyl (C=O) groups excluding carboxylic acids is 2. The van der Waals surface area contributed by atoms with Crippen LogP contribution in [0.2, 0.25) is 0 Å². The van der Waals surface area contributed by atoms with Gasteiger partial charge in [-0.1, -0.05) is 12.1 Å². The second kappa shape index (κ2) is 6.26. The largest absolute Gasteiger partial charge is 0.399 e. The van der Waals surface area contributed by atoms with Crippen LogP contribution >= 0.6 is 0 Å². The fourth-order valence-electron chi connectivity index (χ4n) is 1.98. The Balaban J connectivity index is 2.52. The summed E-state index contributed by atoms with van der Waals surface area (Å²) in [6, 6.07) is 10.1. The van der Waals surface area contributed by atoms with E-state index in [1.165, 1.54) is 6.92 Å². The number of nitrogens with one attached hydrogen (secondary N) is 1. The monoisotopic (exact) mass is 298 g/mol. The Kier molecular flexibility index (Phi) is 4.41. The van der Waals surface area contributed by atoms with E-state index in [2.05, 4.69) is 10.3 Å². The zero-order chi connectivity index (χ0) is 16.3. The summed E-state index contributed by atoms with van der Waals surface area (Å²) in [7, 11) is 3.66. The van der Waals surface area contributed by atoms with Gasteiger partial charge in [0.1, 0.15) is 11.5 Å². The van der Waals surface area contributed by atoms with Crippen LogP contribution in [0.1, 0.15) is 23.0 Å². The normalized spacial score (nSPS) is 10.1. The van der Waals surface area contributed by atoms with Crippen molar-refractivity contribution in [3.63, 3.8) is 0 Å². The molecule has 0 saturated carbocycles. The predicted octanol–water partition coefficient (Wildman–Crippen LogP) is 1.92. The van der Waals surface area contributed by atoms with Gasteiger partial charge in [0.2, 0.25) is 11.7 Å². The molecule has 0 atom stereocenters. The van der Waals surface area contributed by atoms with Crippen LogP contribution in [-0.2, 0) is 4.79 Å². The third-order valence-electron chi connectivity index (χ3n) is 3.01. The van der Waals surface area contributed by atoms with Gasteiger partial charge in [0, 0.05) is 32.3 Å². The first-order chi connectivity index (χ1) is 10.4. The quantitative estimate of drug-likeness (QED) is 0.665. The minimum Gasteiger partial charge on any atom is -0.399 e. The molecule has 0 radical (unpaired) electrons. The number of nitrogens with two attached hydrogens (primary N) is 1. The van der Waals surface area contributed by atoms with Crippen molar-refractivity contribution < 1.29 is 9.59 Å². The number of rotatable bonds is 4. The highest BCUT2D eigenvalue weighted by molar-refractivity contribution is 6.12. The average Bonchev–Trinajstić information content (AvgIpc) is 2.46. The zero-order valence-electron chi connectivity index (χ0n) is 12.8. The number of benzene rings is 1. The van der Waals surface area contributed by atoms with E-state index in [-0.39, 0.29) is 17.4 Å². The highest BCUT2D eigenvalue weighted by Gasteiger charge is 2.18. The van der Waals surface area contributed by atoms with Crippen LogP contribution in [0.3, 0.4) is 0 Å². The number of anilines is 3. The summed E-state index contributed by atoms with van der Waals surface area (Å²) < 4.78 is 0. The molecule has 1 aromatic heterocycles. The Hall–Kier alpha value is -2.89. The molecule has 1 amide bonds. The highest BCUT2D eigenvalue weighted by atomic mass is 16.1. The lowest BCUT2D eigenvalue weighted by atomic mass is 10.1. The minimum absolute atomic E-state index is 0.187. The molecule has 0 bridgehead atoms. The van der Waals surface area contributed by atoms with Gasteiger partial charge < -0.3 is 16.0 Å². The van der Waals surface area contributed by atoms with Gasteiger partial charge in [0.15, 0.2) is 0 Å². The van der Waals surface area contributed by atoms with Gasteiger partial charge in [-0.25, -0.2) is 4.98 Å². The number of hydrogen-bond donors (Lipinski definition) is 2. The maximum Gasteiger partial charge on any atom is 0.221 e. The van der Waals surface area contributed by atoms with Crippen molar-refractivity contribution in [1.82, 2.24) is 4.98 Å². The van der Waals surface area contributed by atoms with E-state index in [9.17, 15) is 9.59 Å². The van der Waals surface area contributed by atoms with Crippen LogP contribution in [0.4, 0.5) is 17.2 Å². The summed E-state index contributed by atoms with van der Waals surface area (Å²) in [5.74, 6) is 0.0714. The van der Waals surface area contributed by atoms with Gasteiger partial charge in [-0.15, -0.1) is 0 Å². The van der Waals surface area contributed by atoms with Crippen molar-refractivity contribution in [2.45, 2.75) is 6.92 Å². The third-order valence-corrected chi connectivity index (χ3v) is 3.01. The average molecular weight is 298 g/mol. The molecule has 0 aliphatic rings. The van der Waals surface area contributed by atoms with Crippen molar-refractivity contribution in [3.8, 4) is 0 Å². The zero-order valence-corrected chi connectivity index (χ0v) is 12.8.